The SMILES string of the molecule is C=CC1C(OC2OC(CO)C(O)C(O)C2O)OC=C(C(=O)OC2CCCCC2)C1C=CC1C[NH+](CCO)CC(C(=O)[O-])C1NC(N)=NC. The average molecular weight is 683 g/mol. The number of ether oxygens (including phenoxy) is 4. The highest BCUT2D eigenvalue weighted by molar-refractivity contribution is 5.89. The number of nitrogens with zero attached hydrogens (tertiary/aromatic N) is 1. The van der Waals surface area contributed by atoms with E-state index in [9.17, 15) is 40.2 Å². The van der Waals surface area contributed by atoms with Gasteiger partial charge < -0.3 is 70.3 Å². The first-order valence-corrected chi connectivity index (χ1v) is 16.5. The number of rotatable bonds is 12. The van der Waals surface area contributed by atoms with Crippen LogP contribution >= 0.6 is 0 Å². The van der Waals surface area contributed by atoms with Crippen LogP contribution in [0.5, 0.6) is 0 Å². The molecule has 0 bridgehead atoms. The van der Waals surface area contributed by atoms with Crippen molar-refractivity contribution in [3.05, 3.63) is 36.6 Å². The molecular formula is C32H50N4O12. The molecule has 3 fully saturated rings. The van der Waals surface area contributed by atoms with Gasteiger partial charge >= 0.3 is 5.97 Å². The monoisotopic (exact) mass is 682 g/mol. The molecule has 1 saturated carbocycles. The summed E-state index contributed by atoms with van der Waals surface area (Å²) in [5.74, 6) is -4.92. The number of piperidine rings is 1. The molecule has 16 heteroatoms. The highest BCUT2D eigenvalue weighted by atomic mass is 16.8. The highest BCUT2D eigenvalue weighted by Crippen LogP contribution is 2.37. The summed E-state index contributed by atoms with van der Waals surface area (Å²) in [6.07, 6.45) is 1.40. The van der Waals surface area contributed by atoms with Crippen molar-refractivity contribution in [2.45, 2.75) is 81.2 Å². The van der Waals surface area contributed by atoms with E-state index in [4.69, 9.17) is 24.7 Å². The van der Waals surface area contributed by atoms with Crippen molar-refractivity contribution >= 4 is 17.9 Å². The minimum absolute atomic E-state index is 0.0370. The molecule has 9 N–H and O–H groups in total. The Labute approximate surface area is 279 Å². The third kappa shape index (κ3) is 8.92. The smallest absolute Gasteiger partial charge is 0.338 e. The number of carbonyl (C=O) groups excluding carboxylic acids is 2. The Balaban J connectivity index is 1.67. The summed E-state index contributed by atoms with van der Waals surface area (Å²) in [6.45, 7) is 4.01. The topological polar surface area (TPSA) is 250 Å². The maximum atomic E-state index is 13.6. The predicted octanol–water partition coefficient (Wildman–Crippen LogP) is -4.33. The normalized spacial score (nSPS) is 38.1. The second-order valence-corrected chi connectivity index (χ2v) is 12.8. The summed E-state index contributed by atoms with van der Waals surface area (Å²) in [7, 11) is 1.47. The van der Waals surface area contributed by atoms with E-state index in [-0.39, 0.29) is 30.8 Å². The number of hydrogen-bond donors (Lipinski definition) is 8. The van der Waals surface area contributed by atoms with Crippen molar-refractivity contribution < 1.29 is 64.1 Å². The maximum absolute atomic E-state index is 13.6. The minimum atomic E-state index is -1.70. The molecule has 0 aromatic carbocycles. The number of carboxylic acids is 1. The number of hydrogen-bond acceptors (Lipinski definition) is 13. The van der Waals surface area contributed by atoms with E-state index in [1.165, 1.54) is 19.4 Å². The van der Waals surface area contributed by atoms with Crippen LogP contribution in [0.1, 0.15) is 32.1 Å². The van der Waals surface area contributed by atoms with E-state index in [1.54, 1.807) is 12.2 Å². The number of allylic oxidation sites excluding steroid dienone is 1. The lowest BCUT2D eigenvalue weighted by Gasteiger charge is -2.43. The summed E-state index contributed by atoms with van der Waals surface area (Å²) in [5, 5.41) is 65.6. The molecule has 12 unspecified atom stereocenters. The minimum Gasteiger partial charge on any atom is -0.550 e. The molecule has 270 valence electrons. The van der Waals surface area contributed by atoms with Gasteiger partial charge in [0.2, 0.25) is 6.29 Å². The number of aliphatic hydroxyl groups is 5. The number of guanidine groups is 1. The molecule has 1 aliphatic carbocycles. The Morgan fingerprint density at radius 1 is 1.12 bits per heavy atom. The van der Waals surface area contributed by atoms with Crippen LogP contribution < -0.4 is 21.1 Å². The lowest BCUT2D eigenvalue weighted by molar-refractivity contribution is -0.911. The van der Waals surface area contributed by atoms with Gasteiger partial charge in [-0.25, -0.2) is 4.79 Å². The van der Waals surface area contributed by atoms with Gasteiger partial charge in [-0.3, -0.25) is 4.99 Å². The molecule has 0 aromatic heterocycles. The van der Waals surface area contributed by atoms with Gasteiger partial charge in [-0.15, -0.1) is 6.58 Å². The van der Waals surface area contributed by atoms with Crippen molar-refractivity contribution in [2.75, 3.05) is 39.9 Å². The third-order valence-corrected chi connectivity index (χ3v) is 9.68. The number of nitrogens with two attached hydrogens (primary N) is 1. The van der Waals surface area contributed by atoms with Gasteiger partial charge in [-0.2, -0.15) is 0 Å². The lowest BCUT2D eigenvalue weighted by Crippen LogP contribution is -3.16. The third-order valence-electron chi connectivity index (χ3n) is 9.68. The van der Waals surface area contributed by atoms with Crippen LogP contribution in [0, 0.1) is 23.7 Å². The van der Waals surface area contributed by atoms with Gasteiger partial charge in [-0.1, -0.05) is 24.6 Å². The van der Waals surface area contributed by atoms with Crippen LogP contribution in [-0.2, 0) is 28.5 Å². The second-order valence-electron chi connectivity index (χ2n) is 12.8. The van der Waals surface area contributed by atoms with E-state index in [1.807, 2.05) is 0 Å². The number of esters is 1. The molecule has 16 nitrogen and oxygen atoms in total. The fourth-order valence-corrected chi connectivity index (χ4v) is 6.96. The summed E-state index contributed by atoms with van der Waals surface area (Å²) in [4.78, 5) is 30.7. The van der Waals surface area contributed by atoms with Crippen LogP contribution in [-0.4, -0.2) is 132 Å². The summed E-state index contributed by atoms with van der Waals surface area (Å²) in [5.41, 5.74) is 6.12. The summed E-state index contributed by atoms with van der Waals surface area (Å²) < 4.78 is 23.2. The van der Waals surface area contributed by atoms with Gasteiger partial charge in [-0.05, 0) is 25.7 Å². The number of aliphatic imine (C=N–C) groups is 1. The number of aliphatic carboxylic acids is 1. The Kier molecular flexibility index (Phi) is 13.8. The van der Waals surface area contributed by atoms with Crippen molar-refractivity contribution in [1.82, 2.24) is 5.32 Å². The van der Waals surface area contributed by atoms with Crippen molar-refractivity contribution in [1.29, 1.82) is 0 Å². The zero-order valence-electron chi connectivity index (χ0n) is 27.1. The number of quaternary nitrogens is 1. The Morgan fingerprint density at radius 3 is 2.48 bits per heavy atom. The second kappa shape index (κ2) is 17.5. The van der Waals surface area contributed by atoms with E-state index in [0.29, 0.717) is 13.1 Å². The van der Waals surface area contributed by atoms with Crippen LogP contribution in [0.2, 0.25) is 0 Å². The molecule has 2 saturated heterocycles. The van der Waals surface area contributed by atoms with Crippen molar-refractivity contribution in [3.63, 3.8) is 0 Å². The molecule has 3 aliphatic heterocycles. The van der Waals surface area contributed by atoms with Crippen LogP contribution in [0.4, 0.5) is 0 Å². The van der Waals surface area contributed by atoms with Crippen LogP contribution in [0.15, 0.2) is 41.6 Å². The van der Waals surface area contributed by atoms with E-state index in [0.717, 1.165) is 37.0 Å². The van der Waals surface area contributed by atoms with Gasteiger partial charge in [0, 0.05) is 18.9 Å². The molecule has 0 amide bonds. The Hall–Kier alpha value is -3.09. The molecule has 3 heterocycles. The number of nitrogens with one attached hydrogen (secondary N) is 2. The van der Waals surface area contributed by atoms with Crippen molar-refractivity contribution in [2.24, 2.45) is 34.4 Å². The van der Waals surface area contributed by atoms with Gasteiger partial charge in [0.25, 0.3) is 0 Å². The van der Waals surface area contributed by atoms with Crippen molar-refractivity contribution in [3.8, 4) is 0 Å². The molecule has 0 aromatic rings. The first-order chi connectivity index (χ1) is 23.0. The summed E-state index contributed by atoms with van der Waals surface area (Å²) >= 11 is 0. The molecule has 48 heavy (non-hydrogen) atoms. The molecule has 12 atom stereocenters. The number of likely N-dealkylation sites (tertiary alicyclic amines) is 1. The zero-order valence-corrected chi connectivity index (χ0v) is 27.1. The number of carbonyl (C=O) groups is 2. The van der Waals surface area contributed by atoms with Crippen LogP contribution in [0.25, 0.3) is 0 Å². The standard InChI is InChI=1S/C32H50N4O12/c1-3-19-20(10-9-17-13-36(11-12-37)14-21(28(42)43)24(17)35-32(33)34-2)22(29(44)46-18-7-5-4-6-8-18)16-45-30(19)48-31-27(41)26(40)25(39)23(15-38)47-31/h3,9-10,16-21,23-27,30-31,37-41H,1,4-8,11-15H2,2H3,(H,42,43)(H3,33,34,35). The predicted molar refractivity (Wildman–Crippen MR) is 166 cm³/mol. The lowest BCUT2D eigenvalue weighted by atomic mass is 9.79. The average Bonchev–Trinajstić information content (AvgIpc) is 3.08. The highest BCUT2D eigenvalue weighted by Gasteiger charge is 2.48. The number of carboxylic acid groups (broad SMARTS) is 1. The molecule has 0 spiro atoms. The van der Waals surface area contributed by atoms with Gasteiger partial charge in [0.1, 0.15) is 37.1 Å². The Morgan fingerprint density at radius 2 is 1.85 bits per heavy atom. The zero-order chi connectivity index (χ0) is 35.0. The quantitative estimate of drug-likeness (QED) is 0.0420. The fourth-order valence-electron chi connectivity index (χ4n) is 6.96. The summed E-state index contributed by atoms with van der Waals surface area (Å²) in [6, 6.07) is -0.734. The van der Waals surface area contributed by atoms with Crippen LogP contribution in [0.3, 0.4) is 0 Å². The van der Waals surface area contributed by atoms with Gasteiger partial charge in [0.15, 0.2) is 12.2 Å². The van der Waals surface area contributed by atoms with E-state index in [2.05, 4.69) is 16.9 Å². The molecule has 4 rings (SSSR count). The first-order valence-electron chi connectivity index (χ1n) is 16.5. The molecule has 0 radical (unpaired) electrons. The largest absolute Gasteiger partial charge is 0.550 e. The Bertz CT molecular complexity index is 1190. The fraction of sp³-hybridized carbons (Fsp3) is 0.719. The van der Waals surface area contributed by atoms with Gasteiger partial charge in [0.05, 0.1) is 62.0 Å². The molecule has 4 aliphatic rings. The number of aliphatic hydroxyl groups excluding tert-OH is 5. The van der Waals surface area contributed by atoms with E-state index < -0.39 is 85.3 Å². The molecular weight excluding hydrogens is 632 g/mol. The maximum Gasteiger partial charge on any atom is 0.338 e. The van der Waals surface area contributed by atoms with E-state index >= 15 is 0 Å². The first kappa shape index (κ1) is 37.7.